The highest BCUT2D eigenvalue weighted by atomic mass is 16.5. The molecule has 1 saturated carbocycles. The van der Waals surface area contributed by atoms with E-state index in [2.05, 4.69) is 33.0 Å². The summed E-state index contributed by atoms with van der Waals surface area (Å²) in [7, 11) is 0. The van der Waals surface area contributed by atoms with Crippen LogP contribution in [0.15, 0.2) is 0 Å². The van der Waals surface area contributed by atoms with Crippen LogP contribution in [0.1, 0.15) is 66.2 Å². The van der Waals surface area contributed by atoms with Crippen molar-refractivity contribution in [2.45, 2.75) is 71.9 Å². The largest absolute Gasteiger partial charge is 0.360 e. The molecule has 1 saturated heterocycles. The van der Waals surface area contributed by atoms with Crippen molar-refractivity contribution in [3.8, 4) is 0 Å². The molecule has 0 amide bonds. The Morgan fingerprint density at radius 2 is 1.82 bits per heavy atom. The first kappa shape index (κ1) is 13.4. The molecule has 1 N–H and O–H groups in total. The Morgan fingerprint density at radius 3 is 2.29 bits per heavy atom. The Kier molecular flexibility index (Phi) is 3.57. The van der Waals surface area contributed by atoms with E-state index in [1.54, 1.807) is 0 Å². The van der Waals surface area contributed by atoms with Gasteiger partial charge in [-0.15, -0.1) is 0 Å². The van der Waals surface area contributed by atoms with Gasteiger partial charge in [-0.3, -0.25) is 5.32 Å². The molecule has 0 aromatic carbocycles. The van der Waals surface area contributed by atoms with Crippen LogP contribution >= 0.6 is 0 Å². The van der Waals surface area contributed by atoms with Crippen LogP contribution in [-0.4, -0.2) is 18.9 Å². The second-order valence-electron chi connectivity index (χ2n) is 7.04. The van der Waals surface area contributed by atoms with Crippen LogP contribution in [0.5, 0.6) is 0 Å². The molecule has 2 heteroatoms. The van der Waals surface area contributed by atoms with Crippen LogP contribution in [0.3, 0.4) is 0 Å². The lowest BCUT2D eigenvalue weighted by molar-refractivity contribution is -0.179. The fraction of sp³-hybridized carbons (Fsp3) is 1.00. The van der Waals surface area contributed by atoms with E-state index in [4.69, 9.17) is 4.74 Å². The molecule has 1 aliphatic carbocycles. The van der Waals surface area contributed by atoms with E-state index in [0.29, 0.717) is 10.8 Å². The Hall–Kier alpha value is -0.0800. The Morgan fingerprint density at radius 1 is 1.12 bits per heavy atom. The van der Waals surface area contributed by atoms with Crippen molar-refractivity contribution in [1.29, 1.82) is 0 Å². The molecule has 1 atom stereocenters. The first-order valence-electron chi connectivity index (χ1n) is 7.34. The lowest BCUT2D eigenvalue weighted by atomic mass is 9.71. The van der Waals surface area contributed by atoms with E-state index in [0.717, 1.165) is 13.2 Å². The summed E-state index contributed by atoms with van der Waals surface area (Å²) in [5, 5.41) is 3.76. The van der Waals surface area contributed by atoms with Gasteiger partial charge in [0.25, 0.3) is 0 Å². The molecule has 0 aromatic rings. The molecule has 2 nitrogen and oxygen atoms in total. The highest BCUT2D eigenvalue weighted by Crippen LogP contribution is 2.45. The van der Waals surface area contributed by atoms with E-state index < -0.39 is 0 Å². The zero-order valence-corrected chi connectivity index (χ0v) is 12.1. The second-order valence-corrected chi connectivity index (χ2v) is 7.04. The smallest absolute Gasteiger partial charge is 0.119 e. The zero-order valence-electron chi connectivity index (χ0n) is 12.1. The van der Waals surface area contributed by atoms with Crippen molar-refractivity contribution >= 4 is 0 Å². The third kappa shape index (κ3) is 2.68. The van der Waals surface area contributed by atoms with Crippen molar-refractivity contribution in [3.63, 3.8) is 0 Å². The van der Waals surface area contributed by atoms with Crippen LogP contribution < -0.4 is 5.32 Å². The molecule has 2 aliphatic rings. The summed E-state index contributed by atoms with van der Waals surface area (Å²) in [5.41, 5.74) is 0.812. The van der Waals surface area contributed by atoms with Crippen LogP contribution in [0.25, 0.3) is 0 Å². The molecule has 1 unspecified atom stereocenters. The minimum atomic E-state index is -0.00438. The van der Waals surface area contributed by atoms with Crippen molar-refractivity contribution in [2.75, 3.05) is 13.2 Å². The predicted octanol–water partition coefficient (Wildman–Crippen LogP) is 3.71. The fourth-order valence-corrected chi connectivity index (χ4v) is 3.52. The SMILES string of the molecule is CCC1(CC)CNC2(CCCC(C)(C)C2)OC1. The zero-order chi connectivity index (χ0) is 12.6. The molecular weight excluding hydrogens is 210 g/mol. The topological polar surface area (TPSA) is 21.3 Å². The maximum atomic E-state index is 6.33. The van der Waals surface area contributed by atoms with Crippen LogP contribution in [0, 0.1) is 10.8 Å². The number of ether oxygens (including phenoxy) is 1. The minimum Gasteiger partial charge on any atom is -0.360 e. The van der Waals surface area contributed by atoms with Gasteiger partial charge in [0.2, 0.25) is 0 Å². The monoisotopic (exact) mass is 239 g/mol. The normalized spacial score (nSPS) is 36.0. The lowest BCUT2D eigenvalue weighted by Crippen LogP contribution is -2.61. The number of hydrogen-bond donors (Lipinski definition) is 1. The van der Waals surface area contributed by atoms with Gasteiger partial charge in [-0.05, 0) is 43.9 Å². The van der Waals surface area contributed by atoms with Crippen molar-refractivity contribution < 1.29 is 4.74 Å². The lowest BCUT2D eigenvalue weighted by Gasteiger charge is -2.52. The molecule has 17 heavy (non-hydrogen) atoms. The first-order valence-corrected chi connectivity index (χ1v) is 7.34. The fourth-order valence-electron chi connectivity index (χ4n) is 3.52. The summed E-state index contributed by atoms with van der Waals surface area (Å²) in [6.07, 6.45) is 7.44. The highest BCUT2D eigenvalue weighted by molar-refractivity contribution is 4.96. The van der Waals surface area contributed by atoms with Crippen molar-refractivity contribution in [2.24, 2.45) is 10.8 Å². The average Bonchev–Trinajstić information content (AvgIpc) is 2.29. The van der Waals surface area contributed by atoms with Crippen molar-refractivity contribution in [1.82, 2.24) is 5.32 Å². The molecule has 1 aliphatic heterocycles. The number of hydrogen-bond acceptors (Lipinski definition) is 2. The van der Waals surface area contributed by atoms with Crippen LogP contribution in [-0.2, 0) is 4.74 Å². The highest BCUT2D eigenvalue weighted by Gasteiger charge is 2.46. The maximum absolute atomic E-state index is 6.33. The summed E-state index contributed by atoms with van der Waals surface area (Å²) < 4.78 is 6.33. The minimum absolute atomic E-state index is 0.00438. The van der Waals surface area contributed by atoms with E-state index in [-0.39, 0.29) is 5.72 Å². The molecular formula is C15H29NO. The van der Waals surface area contributed by atoms with Gasteiger partial charge < -0.3 is 4.74 Å². The third-order valence-corrected chi connectivity index (χ3v) is 5.14. The third-order valence-electron chi connectivity index (χ3n) is 5.14. The van der Waals surface area contributed by atoms with Crippen LogP contribution in [0.4, 0.5) is 0 Å². The van der Waals surface area contributed by atoms with E-state index in [9.17, 15) is 0 Å². The van der Waals surface area contributed by atoms with Gasteiger partial charge in [-0.2, -0.15) is 0 Å². The molecule has 1 heterocycles. The Labute approximate surface area is 107 Å². The molecule has 0 radical (unpaired) electrons. The summed E-state index contributed by atoms with van der Waals surface area (Å²) in [4.78, 5) is 0. The summed E-state index contributed by atoms with van der Waals surface area (Å²) >= 11 is 0. The van der Waals surface area contributed by atoms with Gasteiger partial charge in [-0.1, -0.05) is 27.7 Å². The van der Waals surface area contributed by atoms with Crippen LogP contribution in [0.2, 0.25) is 0 Å². The van der Waals surface area contributed by atoms with Gasteiger partial charge in [-0.25, -0.2) is 0 Å². The van der Waals surface area contributed by atoms with Gasteiger partial charge >= 0.3 is 0 Å². The van der Waals surface area contributed by atoms with Gasteiger partial charge in [0, 0.05) is 12.0 Å². The second kappa shape index (κ2) is 4.55. The van der Waals surface area contributed by atoms with Gasteiger partial charge in [0.15, 0.2) is 0 Å². The van der Waals surface area contributed by atoms with Crippen molar-refractivity contribution in [3.05, 3.63) is 0 Å². The molecule has 100 valence electrons. The molecule has 2 rings (SSSR count). The molecule has 2 fully saturated rings. The molecule has 1 spiro atoms. The van der Waals surface area contributed by atoms with Gasteiger partial charge in [0.05, 0.1) is 6.61 Å². The number of rotatable bonds is 2. The standard InChI is InChI=1S/C15H29NO/c1-5-14(6-2)11-16-15(17-12-14)9-7-8-13(3,4)10-15/h16H,5-12H2,1-4H3. The summed E-state index contributed by atoms with van der Waals surface area (Å²) in [5.74, 6) is 0. The Balaban J connectivity index is 2.02. The number of nitrogens with one attached hydrogen (secondary N) is 1. The molecule has 0 bridgehead atoms. The van der Waals surface area contributed by atoms with Gasteiger partial charge in [0.1, 0.15) is 5.72 Å². The van der Waals surface area contributed by atoms with E-state index >= 15 is 0 Å². The Bertz CT molecular complexity index is 258. The van der Waals surface area contributed by atoms with E-state index in [1.807, 2.05) is 0 Å². The predicted molar refractivity (Wildman–Crippen MR) is 71.9 cm³/mol. The molecule has 0 aromatic heterocycles. The summed E-state index contributed by atoms with van der Waals surface area (Å²) in [6.45, 7) is 11.4. The first-order chi connectivity index (χ1) is 7.95. The maximum Gasteiger partial charge on any atom is 0.119 e. The average molecular weight is 239 g/mol. The quantitative estimate of drug-likeness (QED) is 0.793. The summed E-state index contributed by atoms with van der Waals surface area (Å²) in [6, 6.07) is 0. The van der Waals surface area contributed by atoms with E-state index in [1.165, 1.54) is 38.5 Å².